The first-order valence-electron chi connectivity index (χ1n) is 8.68. The SMILES string of the molecule is CCN(CC)Cc1c(C(=O)NN=Cc2ccc(C)o2)nnn1-c1nonc1N. The van der Waals surface area contributed by atoms with Crippen molar-refractivity contribution in [3.63, 3.8) is 0 Å². The molecule has 0 aromatic carbocycles. The highest BCUT2D eigenvalue weighted by Crippen LogP contribution is 2.17. The Morgan fingerprint density at radius 3 is 2.75 bits per heavy atom. The van der Waals surface area contributed by atoms with Crippen LogP contribution in [0.1, 0.15) is 41.6 Å². The van der Waals surface area contributed by atoms with E-state index in [-0.39, 0.29) is 17.3 Å². The quantitative estimate of drug-likeness (QED) is 0.420. The van der Waals surface area contributed by atoms with E-state index < -0.39 is 5.91 Å². The number of nitrogens with two attached hydrogens (primary N) is 1. The highest BCUT2D eigenvalue weighted by molar-refractivity contribution is 5.94. The van der Waals surface area contributed by atoms with E-state index in [2.05, 4.69) is 40.7 Å². The number of aryl methyl sites for hydroxylation is 1. The summed E-state index contributed by atoms with van der Waals surface area (Å²) in [6.07, 6.45) is 1.40. The summed E-state index contributed by atoms with van der Waals surface area (Å²) in [7, 11) is 0. The number of nitrogens with zero attached hydrogens (tertiary/aromatic N) is 7. The van der Waals surface area contributed by atoms with Crippen molar-refractivity contribution in [1.29, 1.82) is 0 Å². The Morgan fingerprint density at radius 2 is 2.14 bits per heavy atom. The molecule has 0 saturated heterocycles. The molecule has 148 valence electrons. The Labute approximate surface area is 160 Å². The van der Waals surface area contributed by atoms with Crippen LogP contribution in [0.25, 0.3) is 5.82 Å². The zero-order valence-electron chi connectivity index (χ0n) is 15.8. The molecule has 0 spiro atoms. The fourth-order valence-electron chi connectivity index (χ4n) is 2.52. The molecule has 0 atom stereocenters. The van der Waals surface area contributed by atoms with Crippen LogP contribution in [0.4, 0.5) is 5.82 Å². The number of hydrogen-bond donors (Lipinski definition) is 2. The van der Waals surface area contributed by atoms with Crippen LogP contribution >= 0.6 is 0 Å². The topological polar surface area (TPSA) is 153 Å². The Bertz CT molecular complexity index is 968. The first-order chi connectivity index (χ1) is 13.5. The van der Waals surface area contributed by atoms with Crippen LogP contribution in [-0.4, -0.2) is 55.4 Å². The second-order valence-electron chi connectivity index (χ2n) is 5.88. The first kappa shape index (κ1) is 19.2. The van der Waals surface area contributed by atoms with Gasteiger partial charge in [0.1, 0.15) is 11.5 Å². The maximum atomic E-state index is 12.6. The van der Waals surface area contributed by atoms with Crippen molar-refractivity contribution < 1.29 is 13.8 Å². The third kappa shape index (κ3) is 4.06. The molecule has 0 unspecified atom stereocenters. The van der Waals surface area contributed by atoms with Crippen LogP contribution < -0.4 is 11.2 Å². The molecule has 3 aromatic heterocycles. The molecule has 0 bridgehead atoms. The van der Waals surface area contributed by atoms with E-state index in [4.69, 9.17) is 10.2 Å². The molecule has 3 N–H and O–H groups in total. The number of aromatic nitrogens is 5. The maximum absolute atomic E-state index is 12.6. The van der Waals surface area contributed by atoms with E-state index in [1.54, 1.807) is 12.1 Å². The van der Waals surface area contributed by atoms with Gasteiger partial charge in [-0.2, -0.15) is 9.78 Å². The van der Waals surface area contributed by atoms with Gasteiger partial charge in [-0.05, 0) is 42.5 Å². The molecule has 0 aliphatic carbocycles. The third-order valence-electron chi connectivity index (χ3n) is 4.06. The smallest absolute Gasteiger partial charge is 0.293 e. The molecule has 3 heterocycles. The van der Waals surface area contributed by atoms with Crippen molar-refractivity contribution in [2.45, 2.75) is 27.3 Å². The van der Waals surface area contributed by atoms with Crippen molar-refractivity contribution in [1.82, 2.24) is 35.6 Å². The number of hydrazone groups is 1. The normalized spacial score (nSPS) is 11.6. The number of carbonyl (C=O) groups is 1. The Morgan fingerprint density at radius 1 is 1.36 bits per heavy atom. The van der Waals surface area contributed by atoms with Gasteiger partial charge >= 0.3 is 0 Å². The van der Waals surface area contributed by atoms with E-state index in [1.165, 1.54) is 10.9 Å². The number of anilines is 1. The zero-order chi connectivity index (χ0) is 20.1. The molecule has 1 amide bonds. The van der Waals surface area contributed by atoms with Crippen LogP contribution in [0.3, 0.4) is 0 Å². The lowest BCUT2D eigenvalue weighted by molar-refractivity contribution is 0.0948. The van der Waals surface area contributed by atoms with Crippen LogP contribution in [0.15, 0.2) is 26.3 Å². The summed E-state index contributed by atoms with van der Waals surface area (Å²) in [4.78, 5) is 14.7. The maximum Gasteiger partial charge on any atom is 0.293 e. The fraction of sp³-hybridized carbons (Fsp3) is 0.375. The molecule has 28 heavy (non-hydrogen) atoms. The predicted octanol–water partition coefficient (Wildman–Crippen LogP) is 0.740. The third-order valence-corrected chi connectivity index (χ3v) is 4.06. The Kier molecular flexibility index (Phi) is 5.79. The zero-order valence-corrected chi connectivity index (χ0v) is 15.8. The van der Waals surface area contributed by atoms with E-state index in [9.17, 15) is 4.79 Å². The molecule has 0 radical (unpaired) electrons. The Balaban J connectivity index is 1.86. The van der Waals surface area contributed by atoms with Gasteiger partial charge in [0.25, 0.3) is 5.91 Å². The van der Waals surface area contributed by atoms with E-state index in [1.807, 2.05) is 20.8 Å². The summed E-state index contributed by atoms with van der Waals surface area (Å²) in [6, 6.07) is 3.54. The van der Waals surface area contributed by atoms with Gasteiger partial charge in [-0.3, -0.25) is 9.69 Å². The highest BCUT2D eigenvalue weighted by atomic mass is 16.6. The molecular formula is C16H21N9O3. The number of rotatable bonds is 8. The van der Waals surface area contributed by atoms with Gasteiger partial charge in [0, 0.05) is 6.54 Å². The number of nitrogens with one attached hydrogen (secondary N) is 1. The molecule has 0 aliphatic heterocycles. The second-order valence-corrected chi connectivity index (χ2v) is 5.88. The molecular weight excluding hydrogens is 366 g/mol. The molecule has 0 saturated carbocycles. The van der Waals surface area contributed by atoms with Crippen molar-refractivity contribution >= 4 is 17.9 Å². The van der Waals surface area contributed by atoms with Crippen LogP contribution in [0, 0.1) is 6.92 Å². The Hall–Kier alpha value is -3.54. The van der Waals surface area contributed by atoms with Crippen LogP contribution in [-0.2, 0) is 6.54 Å². The van der Waals surface area contributed by atoms with Crippen molar-refractivity contribution in [3.8, 4) is 5.82 Å². The van der Waals surface area contributed by atoms with E-state index >= 15 is 0 Å². The minimum Gasteiger partial charge on any atom is -0.460 e. The summed E-state index contributed by atoms with van der Waals surface area (Å²) in [5.74, 6) is 0.956. The number of furan rings is 1. The van der Waals surface area contributed by atoms with Gasteiger partial charge < -0.3 is 10.2 Å². The average molecular weight is 387 g/mol. The lowest BCUT2D eigenvalue weighted by atomic mass is 10.2. The number of nitrogen functional groups attached to an aromatic ring is 1. The van der Waals surface area contributed by atoms with Crippen LogP contribution in [0.5, 0.6) is 0 Å². The summed E-state index contributed by atoms with van der Waals surface area (Å²) in [6.45, 7) is 7.78. The monoisotopic (exact) mass is 387 g/mol. The van der Waals surface area contributed by atoms with Crippen molar-refractivity contribution in [3.05, 3.63) is 35.0 Å². The summed E-state index contributed by atoms with van der Waals surface area (Å²) >= 11 is 0. The molecule has 12 heteroatoms. The lowest BCUT2D eigenvalue weighted by Crippen LogP contribution is -2.27. The average Bonchev–Trinajstić information content (AvgIpc) is 3.39. The summed E-state index contributed by atoms with van der Waals surface area (Å²) in [5, 5.41) is 19.2. The number of amides is 1. The number of carbonyl (C=O) groups excluding carboxylic acids is 1. The number of hydrogen-bond acceptors (Lipinski definition) is 10. The van der Waals surface area contributed by atoms with E-state index in [0.29, 0.717) is 18.0 Å². The highest BCUT2D eigenvalue weighted by Gasteiger charge is 2.24. The van der Waals surface area contributed by atoms with Gasteiger partial charge in [-0.15, -0.1) is 5.10 Å². The minimum atomic E-state index is -0.525. The molecule has 3 aromatic rings. The van der Waals surface area contributed by atoms with Gasteiger partial charge in [0.2, 0.25) is 11.6 Å². The van der Waals surface area contributed by atoms with Crippen molar-refractivity contribution in [2.75, 3.05) is 18.8 Å². The van der Waals surface area contributed by atoms with Gasteiger partial charge in [0.05, 0.1) is 11.9 Å². The van der Waals surface area contributed by atoms with Gasteiger partial charge in [-0.25, -0.2) is 10.1 Å². The van der Waals surface area contributed by atoms with Crippen LogP contribution in [0.2, 0.25) is 0 Å². The fourth-order valence-corrected chi connectivity index (χ4v) is 2.52. The predicted molar refractivity (Wildman–Crippen MR) is 98.8 cm³/mol. The van der Waals surface area contributed by atoms with Gasteiger partial charge in [-0.1, -0.05) is 19.1 Å². The minimum absolute atomic E-state index is 0.0452. The van der Waals surface area contributed by atoms with Crippen molar-refractivity contribution in [2.24, 2.45) is 5.10 Å². The molecule has 3 rings (SSSR count). The summed E-state index contributed by atoms with van der Waals surface area (Å²) < 4.78 is 11.3. The lowest BCUT2D eigenvalue weighted by Gasteiger charge is -2.18. The standard InChI is InChI=1S/C16H21N9O3/c1-4-24(5-2)9-12-13(19-23-25(12)15-14(17)21-28-22-15)16(26)20-18-8-11-7-6-10(3)27-11/h6-8H,4-5,9H2,1-3H3,(H2,17,21)(H,20,26). The largest absolute Gasteiger partial charge is 0.460 e. The van der Waals surface area contributed by atoms with Gasteiger partial charge in [0.15, 0.2) is 5.69 Å². The molecule has 12 nitrogen and oxygen atoms in total. The molecule has 0 aliphatic rings. The van der Waals surface area contributed by atoms with E-state index in [0.717, 1.165) is 18.8 Å². The summed E-state index contributed by atoms with van der Waals surface area (Å²) in [5.41, 5.74) is 8.78. The second kappa shape index (κ2) is 8.43. The molecule has 0 fully saturated rings. The first-order valence-corrected chi connectivity index (χ1v) is 8.68.